The second-order valence-corrected chi connectivity index (χ2v) is 0.500. The molecule has 0 saturated heterocycles. The molecule has 0 spiro atoms. The van der Waals surface area contributed by atoms with Crippen LogP contribution in [0, 0.1) is 0 Å². The Balaban J connectivity index is -0.0000000200. The van der Waals surface area contributed by atoms with Crippen LogP contribution in [-0.2, 0) is 0 Å². The van der Waals surface area contributed by atoms with E-state index in [9.17, 15) is 0 Å². The number of halogens is 1. The SMILES string of the molecule is CNC.[I].[Pb]. The van der Waals surface area contributed by atoms with E-state index in [-0.39, 0.29) is 51.3 Å². The van der Waals surface area contributed by atoms with E-state index in [1.165, 1.54) is 0 Å². The van der Waals surface area contributed by atoms with Crippen LogP contribution in [0.3, 0.4) is 0 Å². The summed E-state index contributed by atoms with van der Waals surface area (Å²) in [5.41, 5.74) is 0. The monoisotopic (exact) mass is 380 g/mol. The zero-order chi connectivity index (χ0) is 2.71. The molecular weight excluding hydrogens is 372 g/mol. The van der Waals surface area contributed by atoms with Gasteiger partial charge in [-0.25, -0.2) is 0 Å². The molecule has 3 heteroatoms. The van der Waals surface area contributed by atoms with Gasteiger partial charge in [-0.05, 0) is 14.1 Å². The number of rotatable bonds is 0. The second-order valence-electron chi connectivity index (χ2n) is 0.500. The van der Waals surface area contributed by atoms with Gasteiger partial charge in [0.1, 0.15) is 0 Å². The van der Waals surface area contributed by atoms with E-state index in [1.807, 2.05) is 14.1 Å². The molecular formula is C2H7INPb. The van der Waals surface area contributed by atoms with Gasteiger partial charge in [0.05, 0.1) is 0 Å². The van der Waals surface area contributed by atoms with Crippen LogP contribution in [0.4, 0.5) is 0 Å². The third kappa shape index (κ3) is 28.2. The van der Waals surface area contributed by atoms with E-state index in [0.29, 0.717) is 0 Å². The molecule has 1 nitrogen and oxygen atoms in total. The minimum absolute atomic E-state index is 0. The van der Waals surface area contributed by atoms with Gasteiger partial charge >= 0.3 is 0 Å². The fraction of sp³-hybridized carbons (Fsp3) is 1.00. The van der Waals surface area contributed by atoms with Gasteiger partial charge in [-0.15, -0.1) is 0 Å². The molecule has 0 aliphatic rings. The Morgan fingerprint density at radius 2 is 1.20 bits per heavy atom. The van der Waals surface area contributed by atoms with E-state index in [1.54, 1.807) is 0 Å². The van der Waals surface area contributed by atoms with Crippen molar-refractivity contribution in [3.63, 3.8) is 0 Å². The van der Waals surface area contributed by atoms with Gasteiger partial charge in [-0.3, -0.25) is 0 Å². The zero-order valence-electron chi connectivity index (χ0n) is 3.38. The minimum Gasteiger partial charge on any atom is -0.323 e. The third-order valence-corrected chi connectivity index (χ3v) is 0. The molecule has 31 valence electrons. The first-order valence-corrected chi connectivity index (χ1v) is 1.00. The van der Waals surface area contributed by atoms with Gasteiger partial charge in [0.25, 0.3) is 0 Å². The molecule has 0 fully saturated rings. The predicted octanol–water partition coefficient (Wildman–Crippen LogP) is 0.340. The zero-order valence-corrected chi connectivity index (χ0v) is 9.42. The summed E-state index contributed by atoms with van der Waals surface area (Å²) in [5.74, 6) is 0. The average molecular weight is 379 g/mol. The van der Waals surface area contributed by atoms with Gasteiger partial charge in [0.15, 0.2) is 0 Å². The first-order valence-electron chi connectivity index (χ1n) is 1.00. The van der Waals surface area contributed by atoms with Gasteiger partial charge in [0.2, 0.25) is 0 Å². The molecule has 0 aromatic carbocycles. The molecule has 0 aliphatic carbocycles. The molecule has 0 bridgehead atoms. The van der Waals surface area contributed by atoms with Crippen LogP contribution in [0.15, 0.2) is 0 Å². The van der Waals surface area contributed by atoms with E-state index in [4.69, 9.17) is 0 Å². The van der Waals surface area contributed by atoms with Crippen molar-refractivity contribution in [1.29, 1.82) is 0 Å². The van der Waals surface area contributed by atoms with Gasteiger partial charge in [0, 0.05) is 51.3 Å². The molecule has 0 unspecified atom stereocenters. The van der Waals surface area contributed by atoms with Crippen LogP contribution in [0.25, 0.3) is 0 Å². The summed E-state index contributed by atoms with van der Waals surface area (Å²) in [6.07, 6.45) is 0. The summed E-state index contributed by atoms with van der Waals surface area (Å²) < 4.78 is 0. The van der Waals surface area contributed by atoms with E-state index >= 15 is 0 Å². The molecule has 1 N–H and O–H groups in total. The summed E-state index contributed by atoms with van der Waals surface area (Å²) in [7, 11) is 3.75. The number of hydrogen-bond donors (Lipinski definition) is 1. The molecule has 0 aromatic heterocycles. The van der Waals surface area contributed by atoms with Crippen LogP contribution < -0.4 is 5.32 Å². The van der Waals surface area contributed by atoms with Crippen LogP contribution in [0.5, 0.6) is 0 Å². The van der Waals surface area contributed by atoms with Gasteiger partial charge < -0.3 is 5.32 Å². The molecule has 5 radical (unpaired) electrons. The molecule has 0 aromatic rings. The van der Waals surface area contributed by atoms with Crippen LogP contribution >= 0.6 is 24.0 Å². The summed E-state index contributed by atoms with van der Waals surface area (Å²) in [5, 5.41) is 2.75. The van der Waals surface area contributed by atoms with Crippen LogP contribution in [0.2, 0.25) is 0 Å². The third-order valence-electron chi connectivity index (χ3n) is 0. The molecule has 0 amide bonds. The van der Waals surface area contributed by atoms with E-state index in [2.05, 4.69) is 5.32 Å². The summed E-state index contributed by atoms with van der Waals surface area (Å²) in [6, 6.07) is 0. The Hall–Kier alpha value is 1.61. The van der Waals surface area contributed by atoms with E-state index < -0.39 is 0 Å². The molecule has 0 rings (SSSR count). The molecule has 5 heavy (non-hydrogen) atoms. The van der Waals surface area contributed by atoms with Crippen LogP contribution in [0.1, 0.15) is 0 Å². The summed E-state index contributed by atoms with van der Waals surface area (Å²) >= 11 is 0. The van der Waals surface area contributed by atoms with Crippen molar-refractivity contribution in [2.45, 2.75) is 0 Å². The normalized spacial score (nSPS) is 3.60. The van der Waals surface area contributed by atoms with Crippen molar-refractivity contribution in [2.24, 2.45) is 0 Å². The van der Waals surface area contributed by atoms with Crippen molar-refractivity contribution >= 4 is 51.3 Å². The Morgan fingerprint density at radius 1 is 1.20 bits per heavy atom. The Labute approximate surface area is 70.1 Å². The largest absolute Gasteiger partial charge is 0.323 e. The second kappa shape index (κ2) is 17.5. The molecule has 0 saturated carbocycles. The summed E-state index contributed by atoms with van der Waals surface area (Å²) in [4.78, 5) is 0. The fourth-order valence-electron chi connectivity index (χ4n) is 0. The maximum atomic E-state index is 2.75. The smallest absolute Gasteiger partial charge is 0 e. The van der Waals surface area contributed by atoms with Crippen LogP contribution in [-0.4, -0.2) is 41.4 Å². The quantitative estimate of drug-likeness (QED) is 0.473. The van der Waals surface area contributed by atoms with Gasteiger partial charge in [-0.2, -0.15) is 0 Å². The maximum Gasteiger partial charge on any atom is 0 e. The molecule has 0 heterocycles. The fourth-order valence-corrected chi connectivity index (χ4v) is 0. The Bertz CT molecular complexity index is 9.61. The van der Waals surface area contributed by atoms with Crippen molar-refractivity contribution in [3.05, 3.63) is 0 Å². The average Bonchev–Trinajstić information content (AvgIpc) is 0.918. The minimum atomic E-state index is 0. The molecule has 0 aliphatic heterocycles. The van der Waals surface area contributed by atoms with Crippen molar-refractivity contribution in [1.82, 2.24) is 5.32 Å². The first kappa shape index (κ1) is 16.0. The number of hydrogen-bond acceptors (Lipinski definition) is 1. The predicted molar refractivity (Wildman–Crippen MR) is 34.8 cm³/mol. The maximum absolute atomic E-state index is 2.75. The standard InChI is InChI=1S/C2H7N.I.Pb/c1-3-2;;/h3H,1-2H3;;. The van der Waals surface area contributed by atoms with E-state index in [0.717, 1.165) is 0 Å². The topological polar surface area (TPSA) is 12.0 Å². The number of nitrogens with one attached hydrogen (secondary N) is 1. The van der Waals surface area contributed by atoms with Gasteiger partial charge in [-0.1, -0.05) is 0 Å². The summed E-state index contributed by atoms with van der Waals surface area (Å²) in [6.45, 7) is 0. The van der Waals surface area contributed by atoms with Crippen molar-refractivity contribution in [3.8, 4) is 0 Å². The van der Waals surface area contributed by atoms with Crippen molar-refractivity contribution < 1.29 is 0 Å². The first-order chi connectivity index (χ1) is 1.41. The Kier molecular flexibility index (Phi) is 55.9. The van der Waals surface area contributed by atoms with Crippen molar-refractivity contribution in [2.75, 3.05) is 14.1 Å². The molecule has 0 atom stereocenters. The Morgan fingerprint density at radius 3 is 1.20 bits per heavy atom.